The minimum absolute atomic E-state index is 0.262. The number of hydrogen-bond acceptors (Lipinski definition) is 3. The van der Waals surface area contributed by atoms with Crippen molar-refractivity contribution in [2.75, 3.05) is 26.9 Å². The van der Waals surface area contributed by atoms with E-state index < -0.39 is 0 Å². The topological polar surface area (TPSA) is 25.4 Å². The van der Waals surface area contributed by atoms with Crippen LogP contribution in [0.25, 0.3) is 0 Å². The molecule has 1 aliphatic rings. The molecule has 1 aromatic rings. The summed E-state index contributed by atoms with van der Waals surface area (Å²) >= 11 is 0. The number of hydrogen-bond donors (Lipinski definition) is 0. The number of alkyl halides is 1. The first-order chi connectivity index (χ1) is 10.3. The number of likely N-dealkylation sites (N-methyl/N-ethyl adjacent to an activating group) is 1. The van der Waals surface area contributed by atoms with Crippen LogP contribution in [0.5, 0.6) is 5.75 Å². The molecule has 0 spiro atoms. The molecule has 0 radical (unpaired) electrons. The lowest BCUT2D eigenvalue weighted by atomic mass is 10.2. The molecule has 0 saturated carbocycles. The Bertz CT molecular complexity index is 495. The van der Waals surface area contributed by atoms with Gasteiger partial charge < -0.3 is 9.64 Å². The van der Waals surface area contributed by atoms with Gasteiger partial charge in [0.15, 0.2) is 0 Å². The van der Waals surface area contributed by atoms with Crippen molar-refractivity contribution in [1.29, 1.82) is 0 Å². The number of aromatic nitrogens is 1. The third-order valence-corrected chi connectivity index (χ3v) is 3.75. The van der Waals surface area contributed by atoms with E-state index in [1.165, 1.54) is 12.8 Å². The Balaban J connectivity index is 1.82. The zero-order valence-electron chi connectivity index (χ0n) is 12.6. The SMILES string of the molecule is CN1CCC[C@H]1COc1cncc(C#CCCCCF)c1. The number of halogens is 1. The van der Waals surface area contributed by atoms with E-state index in [-0.39, 0.29) is 6.67 Å². The molecular weight excluding hydrogens is 267 g/mol. The predicted octanol–water partition coefficient (Wildman–Crippen LogP) is 3.05. The van der Waals surface area contributed by atoms with Crippen molar-refractivity contribution in [2.24, 2.45) is 0 Å². The molecular formula is C17H23FN2O. The maximum Gasteiger partial charge on any atom is 0.138 e. The van der Waals surface area contributed by atoms with Gasteiger partial charge in [-0.05, 0) is 45.3 Å². The number of likely N-dealkylation sites (tertiary alicyclic amines) is 1. The molecule has 1 atom stereocenters. The molecule has 1 aromatic heterocycles. The molecule has 21 heavy (non-hydrogen) atoms. The minimum atomic E-state index is -0.262. The quantitative estimate of drug-likeness (QED) is 0.595. The van der Waals surface area contributed by atoms with Crippen molar-refractivity contribution in [3.8, 4) is 17.6 Å². The van der Waals surface area contributed by atoms with Gasteiger partial charge in [-0.15, -0.1) is 0 Å². The molecule has 3 nitrogen and oxygen atoms in total. The van der Waals surface area contributed by atoms with Crippen LogP contribution in [0.2, 0.25) is 0 Å². The maximum absolute atomic E-state index is 12.0. The van der Waals surface area contributed by atoms with E-state index >= 15 is 0 Å². The highest BCUT2D eigenvalue weighted by Crippen LogP contribution is 2.17. The van der Waals surface area contributed by atoms with Crippen LogP contribution in [-0.2, 0) is 0 Å². The van der Waals surface area contributed by atoms with Crippen molar-refractivity contribution in [1.82, 2.24) is 9.88 Å². The van der Waals surface area contributed by atoms with Gasteiger partial charge in [-0.2, -0.15) is 0 Å². The van der Waals surface area contributed by atoms with E-state index in [2.05, 4.69) is 28.8 Å². The van der Waals surface area contributed by atoms with Gasteiger partial charge in [-0.3, -0.25) is 9.37 Å². The third-order valence-electron chi connectivity index (χ3n) is 3.75. The fourth-order valence-corrected chi connectivity index (χ4v) is 2.42. The summed E-state index contributed by atoms with van der Waals surface area (Å²) in [7, 11) is 2.14. The lowest BCUT2D eigenvalue weighted by Crippen LogP contribution is -2.30. The summed E-state index contributed by atoms with van der Waals surface area (Å²) in [6.45, 7) is 1.59. The zero-order chi connectivity index (χ0) is 14.9. The summed E-state index contributed by atoms with van der Waals surface area (Å²) < 4.78 is 17.8. The van der Waals surface area contributed by atoms with Crippen LogP contribution in [-0.4, -0.2) is 42.8 Å². The Morgan fingerprint density at radius 1 is 1.43 bits per heavy atom. The first kappa shape index (κ1) is 15.8. The molecule has 1 fully saturated rings. The van der Waals surface area contributed by atoms with Crippen LogP contribution in [0, 0.1) is 11.8 Å². The first-order valence-electron chi connectivity index (χ1n) is 7.62. The molecule has 4 heteroatoms. The molecule has 0 N–H and O–H groups in total. The van der Waals surface area contributed by atoms with Gasteiger partial charge in [0.25, 0.3) is 0 Å². The Labute approximate surface area is 126 Å². The van der Waals surface area contributed by atoms with E-state index in [0.717, 1.165) is 30.7 Å². The van der Waals surface area contributed by atoms with Crippen LogP contribution >= 0.6 is 0 Å². The molecule has 114 valence electrons. The predicted molar refractivity (Wildman–Crippen MR) is 82.1 cm³/mol. The largest absolute Gasteiger partial charge is 0.490 e. The fourth-order valence-electron chi connectivity index (χ4n) is 2.42. The van der Waals surface area contributed by atoms with E-state index in [9.17, 15) is 4.39 Å². The summed E-state index contributed by atoms with van der Waals surface area (Å²) in [5.74, 6) is 6.87. The second kappa shape index (κ2) is 8.63. The Kier molecular flexibility index (Phi) is 6.49. The van der Waals surface area contributed by atoms with Crippen LogP contribution in [0.15, 0.2) is 18.5 Å². The van der Waals surface area contributed by atoms with Gasteiger partial charge in [0.1, 0.15) is 12.4 Å². The second-order valence-electron chi connectivity index (χ2n) is 5.44. The molecule has 2 heterocycles. The number of pyridine rings is 1. The van der Waals surface area contributed by atoms with Gasteiger partial charge in [-0.1, -0.05) is 11.8 Å². The molecule has 0 aliphatic carbocycles. The Morgan fingerprint density at radius 3 is 3.10 bits per heavy atom. The number of ether oxygens (including phenoxy) is 1. The van der Waals surface area contributed by atoms with Crippen molar-refractivity contribution >= 4 is 0 Å². The number of nitrogens with zero attached hydrogens (tertiary/aromatic N) is 2. The van der Waals surface area contributed by atoms with Gasteiger partial charge in [0.2, 0.25) is 0 Å². The van der Waals surface area contributed by atoms with Crippen LogP contribution in [0.3, 0.4) is 0 Å². The molecule has 0 bridgehead atoms. The second-order valence-corrected chi connectivity index (χ2v) is 5.44. The molecule has 2 rings (SSSR count). The number of unbranched alkanes of at least 4 members (excludes halogenated alkanes) is 2. The first-order valence-corrected chi connectivity index (χ1v) is 7.62. The summed E-state index contributed by atoms with van der Waals surface area (Å²) in [5.41, 5.74) is 0.854. The minimum Gasteiger partial charge on any atom is -0.490 e. The van der Waals surface area contributed by atoms with E-state index in [4.69, 9.17) is 4.74 Å². The third kappa shape index (κ3) is 5.35. The van der Waals surface area contributed by atoms with Crippen molar-refractivity contribution in [3.05, 3.63) is 24.0 Å². The van der Waals surface area contributed by atoms with Gasteiger partial charge in [0.05, 0.1) is 12.9 Å². The van der Waals surface area contributed by atoms with Crippen LogP contribution in [0.4, 0.5) is 4.39 Å². The van der Waals surface area contributed by atoms with E-state index in [0.29, 0.717) is 19.1 Å². The number of rotatable bonds is 6. The Hall–Kier alpha value is -1.60. The highest BCUT2D eigenvalue weighted by molar-refractivity contribution is 5.36. The average Bonchev–Trinajstić information content (AvgIpc) is 2.91. The monoisotopic (exact) mass is 290 g/mol. The molecule has 0 aromatic carbocycles. The lowest BCUT2D eigenvalue weighted by Gasteiger charge is -2.19. The lowest BCUT2D eigenvalue weighted by molar-refractivity contribution is 0.198. The van der Waals surface area contributed by atoms with Gasteiger partial charge in [0, 0.05) is 24.2 Å². The van der Waals surface area contributed by atoms with Crippen molar-refractivity contribution in [2.45, 2.75) is 38.1 Å². The van der Waals surface area contributed by atoms with E-state index in [1.807, 2.05) is 6.07 Å². The van der Waals surface area contributed by atoms with Gasteiger partial charge in [-0.25, -0.2) is 0 Å². The smallest absolute Gasteiger partial charge is 0.138 e. The van der Waals surface area contributed by atoms with Crippen molar-refractivity contribution < 1.29 is 9.13 Å². The summed E-state index contributed by atoms with van der Waals surface area (Å²) in [4.78, 5) is 6.50. The molecule has 0 amide bonds. The molecule has 1 aliphatic heterocycles. The highest BCUT2D eigenvalue weighted by atomic mass is 19.1. The molecule has 0 unspecified atom stereocenters. The summed E-state index contributed by atoms with van der Waals surface area (Å²) in [5, 5.41) is 0. The summed E-state index contributed by atoms with van der Waals surface area (Å²) in [6.07, 6.45) is 8.01. The molecule has 1 saturated heterocycles. The maximum atomic E-state index is 12.0. The van der Waals surface area contributed by atoms with E-state index in [1.54, 1.807) is 12.4 Å². The van der Waals surface area contributed by atoms with Crippen LogP contribution < -0.4 is 4.74 Å². The van der Waals surface area contributed by atoms with Crippen LogP contribution in [0.1, 0.15) is 37.7 Å². The van der Waals surface area contributed by atoms with Gasteiger partial charge >= 0.3 is 0 Å². The fraction of sp³-hybridized carbons (Fsp3) is 0.588. The van der Waals surface area contributed by atoms with Crippen molar-refractivity contribution in [3.63, 3.8) is 0 Å². The summed E-state index contributed by atoms with van der Waals surface area (Å²) in [6, 6.07) is 2.42. The average molecular weight is 290 g/mol. The Morgan fingerprint density at radius 2 is 2.33 bits per heavy atom. The zero-order valence-corrected chi connectivity index (χ0v) is 12.6. The normalized spacial score (nSPS) is 18.3. The standard InChI is InChI=1S/C17H23FN2O/c1-20-10-6-8-16(20)14-21-17-11-15(12-19-13-17)7-4-2-3-5-9-18/h11-13,16H,2-3,5-6,8-10,14H2,1H3/t16-/m0/s1. The highest BCUT2D eigenvalue weighted by Gasteiger charge is 2.21.